The molecule has 1 aromatic carbocycles. The van der Waals surface area contributed by atoms with Crippen molar-refractivity contribution in [3.63, 3.8) is 0 Å². The zero-order valence-electron chi connectivity index (χ0n) is 11.7. The summed E-state index contributed by atoms with van der Waals surface area (Å²) in [6.07, 6.45) is 3.43. The third-order valence-electron chi connectivity index (χ3n) is 3.92. The third kappa shape index (κ3) is 3.82. The molecule has 1 saturated heterocycles. The van der Waals surface area contributed by atoms with Gasteiger partial charge in [-0.15, -0.1) is 0 Å². The number of hydrogen-bond donors (Lipinski definition) is 1. The van der Waals surface area contributed by atoms with Crippen LogP contribution in [0.4, 0.5) is 0 Å². The summed E-state index contributed by atoms with van der Waals surface area (Å²) in [4.78, 5) is 2.53. The highest BCUT2D eigenvalue weighted by Crippen LogP contribution is 2.27. The molecule has 0 saturated carbocycles. The maximum atomic E-state index is 6.49. The SMILES string of the molecule is CC(C)CC1(N)CCN(Cc2ccccc2)CC1. The first-order chi connectivity index (χ1) is 8.57. The second-order valence-corrected chi connectivity index (χ2v) is 6.22. The first kappa shape index (κ1) is 13.6. The summed E-state index contributed by atoms with van der Waals surface area (Å²) < 4.78 is 0. The van der Waals surface area contributed by atoms with Gasteiger partial charge in [-0.1, -0.05) is 44.2 Å². The number of hydrogen-bond acceptors (Lipinski definition) is 2. The van der Waals surface area contributed by atoms with Crippen molar-refractivity contribution < 1.29 is 0 Å². The molecule has 0 unspecified atom stereocenters. The molecule has 1 fully saturated rings. The summed E-state index contributed by atoms with van der Waals surface area (Å²) in [5.74, 6) is 0.704. The predicted octanol–water partition coefficient (Wildman–Crippen LogP) is 3.03. The van der Waals surface area contributed by atoms with Crippen molar-refractivity contribution in [3.05, 3.63) is 35.9 Å². The van der Waals surface area contributed by atoms with Crippen LogP contribution in [-0.4, -0.2) is 23.5 Å². The molecule has 2 rings (SSSR count). The average molecular weight is 246 g/mol. The fourth-order valence-electron chi connectivity index (χ4n) is 3.02. The van der Waals surface area contributed by atoms with Crippen LogP contribution >= 0.6 is 0 Å². The van der Waals surface area contributed by atoms with Gasteiger partial charge in [0.15, 0.2) is 0 Å². The molecular weight excluding hydrogens is 220 g/mol. The summed E-state index contributed by atoms with van der Waals surface area (Å²) in [5.41, 5.74) is 7.98. The minimum Gasteiger partial charge on any atom is -0.325 e. The van der Waals surface area contributed by atoms with E-state index >= 15 is 0 Å². The Kier molecular flexibility index (Phi) is 4.41. The van der Waals surface area contributed by atoms with Crippen molar-refractivity contribution in [3.8, 4) is 0 Å². The highest BCUT2D eigenvalue weighted by molar-refractivity contribution is 5.14. The minimum atomic E-state index is 0.0847. The first-order valence-corrected chi connectivity index (χ1v) is 7.13. The van der Waals surface area contributed by atoms with Crippen molar-refractivity contribution in [1.29, 1.82) is 0 Å². The van der Waals surface area contributed by atoms with Crippen molar-refractivity contribution in [2.75, 3.05) is 13.1 Å². The minimum absolute atomic E-state index is 0.0847. The van der Waals surface area contributed by atoms with Gasteiger partial charge in [-0.3, -0.25) is 4.90 Å². The molecule has 2 nitrogen and oxygen atoms in total. The lowest BCUT2D eigenvalue weighted by Crippen LogP contribution is -2.50. The van der Waals surface area contributed by atoms with E-state index in [0.29, 0.717) is 5.92 Å². The summed E-state index contributed by atoms with van der Waals surface area (Å²) >= 11 is 0. The standard InChI is InChI=1S/C16H26N2/c1-14(2)12-16(17)8-10-18(11-9-16)13-15-6-4-3-5-7-15/h3-7,14H,8-13,17H2,1-2H3. The Hall–Kier alpha value is -0.860. The topological polar surface area (TPSA) is 29.3 Å². The Balaban J connectivity index is 1.83. The second kappa shape index (κ2) is 5.85. The monoisotopic (exact) mass is 246 g/mol. The average Bonchev–Trinajstić information content (AvgIpc) is 2.33. The molecule has 0 aromatic heterocycles. The highest BCUT2D eigenvalue weighted by Gasteiger charge is 2.30. The fourth-order valence-corrected chi connectivity index (χ4v) is 3.02. The van der Waals surface area contributed by atoms with Gasteiger partial charge in [0, 0.05) is 25.2 Å². The predicted molar refractivity (Wildman–Crippen MR) is 77.3 cm³/mol. The van der Waals surface area contributed by atoms with Gasteiger partial charge in [0.1, 0.15) is 0 Å². The van der Waals surface area contributed by atoms with Crippen molar-refractivity contribution >= 4 is 0 Å². The fraction of sp³-hybridized carbons (Fsp3) is 0.625. The molecule has 2 N–H and O–H groups in total. The molecular formula is C16H26N2. The van der Waals surface area contributed by atoms with Crippen molar-refractivity contribution in [1.82, 2.24) is 4.90 Å². The molecule has 0 radical (unpaired) electrons. The van der Waals surface area contributed by atoms with E-state index in [0.717, 1.165) is 38.9 Å². The van der Waals surface area contributed by atoms with Crippen LogP contribution in [0, 0.1) is 5.92 Å². The highest BCUT2D eigenvalue weighted by atomic mass is 15.1. The molecule has 100 valence electrons. The zero-order valence-corrected chi connectivity index (χ0v) is 11.7. The Labute approximate surface area is 111 Å². The maximum absolute atomic E-state index is 6.49. The van der Waals surface area contributed by atoms with Crippen LogP contribution in [0.5, 0.6) is 0 Å². The van der Waals surface area contributed by atoms with Crippen LogP contribution in [0.15, 0.2) is 30.3 Å². The third-order valence-corrected chi connectivity index (χ3v) is 3.92. The molecule has 0 aliphatic carbocycles. The zero-order chi connectivity index (χ0) is 13.0. The maximum Gasteiger partial charge on any atom is 0.0233 e. The first-order valence-electron chi connectivity index (χ1n) is 7.13. The Morgan fingerprint density at radius 2 is 1.78 bits per heavy atom. The van der Waals surface area contributed by atoms with Gasteiger partial charge in [-0.05, 0) is 30.7 Å². The van der Waals surface area contributed by atoms with Crippen LogP contribution < -0.4 is 5.73 Å². The van der Waals surface area contributed by atoms with E-state index in [-0.39, 0.29) is 5.54 Å². The summed E-state index contributed by atoms with van der Waals surface area (Å²) in [5, 5.41) is 0. The van der Waals surface area contributed by atoms with Gasteiger partial charge < -0.3 is 5.73 Å². The summed E-state index contributed by atoms with van der Waals surface area (Å²) in [6, 6.07) is 10.7. The number of likely N-dealkylation sites (tertiary alicyclic amines) is 1. The van der Waals surface area contributed by atoms with Gasteiger partial charge in [-0.25, -0.2) is 0 Å². The Morgan fingerprint density at radius 3 is 2.33 bits per heavy atom. The lowest BCUT2D eigenvalue weighted by molar-refractivity contribution is 0.140. The van der Waals surface area contributed by atoms with Crippen molar-refractivity contribution in [2.45, 2.75) is 45.2 Å². The molecule has 2 heteroatoms. The van der Waals surface area contributed by atoms with Crippen LogP contribution in [0.25, 0.3) is 0 Å². The van der Waals surface area contributed by atoms with E-state index in [9.17, 15) is 0 Å². The number of benzene rings is 1. The van der Waals surface area contributed by atoms with Crippen LogP contribution in [-0.2, 0) is 6.54 Å². The van der Waals surface area contributed by atoms with Gasteiger partial charge >= 0.3 is 0 Å². The lowest BCUT2D eigenvalue weighted by Gasteiger charge is -2.40. The number of nitrogens with zero attached hydrogens (tertiary/aromatic N) is 1. The number of nitrogens with two attached hydrogens (primary N) is 1. The summed E-state index contributed by atoms with van der Waals surface area (Å²) in [7, 11) is 0. The molecule has 1 aromatic rings. The van der Waals surface area contributed by atoms with Crippen LogP contribution in [0.2, 0.25) is 0 Å². The second-order valence-electron chi connectivity index (χ2n) is 6.22. The van der Waals surface area contributed by atoms with Crippen LogP contribution in [0.3, 0.4) is 0 Å². The number of piperidine rings is 1. The number of rotatable bonds is 4. The Bertz CT molecular complexity index is 351. The van der Waals surface area contributed by atoms with E-state index in [1.54, 1.807) is 0 Å². The summed E-state index contributed by atoms with van der Waals surface area (Å²) in [6.45, 7) is 7.88. The molecule has 0 atom stereocenters. The van der Waals surface area contributed by atoms with E-state index in [1.807, 2.05) is 0 Å². The molecule has 18 heavy (non-hydrogen) atoms. The molecule has 1 heterocycles. The van der Waals surface area contributed by atoms with Gasteiger partial charge in [0.05, 0.1) is 0 Å². The Morgan fingerprint density at radius 1 is 1.17 bits per heavy atom. The van der Waals surface area contributed by atoms with Crippen LogP contribution in [0.1, 0.15) is 38.7 Å². The van der Waals surface area contributed by atoms with E-state index in [1.165, 1.54) is 5.56 Å². The smallest absolute Gasteiger partial charge is 0.0233 e. The van der Waals surface area contributed by atoms with E-state index < -0.39 is 0 Å². The van der Waals surface area contributed by atoms with E-state index in [4.69, 9.17) is 5.73 Å². The van der Waals surface area contributed by atoms with Gasteiger partial charge in [0.2, 0.25) is 0 Å². The normalized spacial score (nSPS) is 20.2. The molecule has 0 bridgehead atoms. The quantitative estimate of drug-likeness (QED) is 0.885. The molecule has 0 amide bonds. The van der Waals surface area contributed by atoms with Crippen molar-refractivity contribution in [2.24, 2.45) is 11.7 Å². The van der Waals surface area contributed by atoms with E-state index in [2.05, 4.69) is 49.1 Å². The molecule has 0 spiro atoms. The molecule has 1 aliphatic heterocycles. The lowest BCUT2D eigenvalue weighted by atomic mass is 9.81. The van der Waals surface area contributed by atoms with Gasteiger partial charge in [0.25, 0.3) is 0 Å². The van der Waals surface area contributed by atoms with Gasteiger partial charge in [-0.2, -0.15) is 0 Å². The largest absolute Gasteiger partial charge is 0.325 e. The molecule has 1 aliphatic rings.